The van der Waals surface area contributed by atoms with Crippen molar-refractivity contribution >= 4 is 32.8 Å². The van der Waals surface area contributed by atoms with E-state index in [2.05, 4.69) is 34.7 Å². The molecule has 2 aromatic carbocycles. The Kier molecular flexibility index (Phi) is 6.04. The minimum Gasteiger partial charge on any atom is -0.450 e. The molecule has 162 valence electrons. The molecule has 0 spiro atoms. The monoisotopic (exact) mass is 482 g/mol. The summed E-state index contributed by atoms with van der Waals surface area (Å²) in [5.41, 5.74) is 3.77. The standard InChI is InChI=1S/C25H27BrN2O3/c1-5-27(6-2)11-12-28-22(17-7-9-18(26)10-8-17)21-23(29)19-13-15(3)16(4)14-20(19)31-24(21)25(28)30/h7-10,13-14,22H,5-6,11-12H2,1-4H3. The molecule has 1 aliphatic rings. The Morgan fingerprint density at radius 3 is 2.32 bits per heavy atom. The zero-order valence-electron chi connectivity index (χ0n) is 18.4. The first-order valence-corrected chi connectivity index (χ1v) is 11.5. The van der Waals surface area contributed by atoms with Crippen molar-refractivity contribution in [2.45, 2.75) is 33.7 Å². The van der Waals surface area contributed by atoms with Crippen molar-refractivity contribution in [2.75, 3.05) is 26.2 Å². The smallest absolute Gasteiger partial charge is 0.290 e. The van der Waals surface area contributed by atoms with E-state index >= 15 is 0 Å². The number of hydrogen-bond acceptors (Lipinski definition) is 4. The van der Waals surface area contributed by atoms with Crippen LogP contribution in [0.3, 0.4) is 0 Å². The minimum atomic E-state index is -0.451. The van der Waals surface area contributed by atoms with Gasteiger partial charge >= 0.3 is 0 Å². The maximum absolute atomic E-state index is 13.6. The van der Waals surface area contributed by atoms with Gasteiger partial charge in [-0.1, -0.05) is 41.9 Å². The van der Waals surface area contributed by atoms with E-state index in [0.29, 0.717) is 23.1 Å². The van der Waals surface area contributed by atoms with E-state index in [9.17, 15) is 9.59 Å². The number of halogens is 1. The summed E-state index contributed by atoms with van der Waals surface area (Å²) in [6.45, 7) is 11.3. The molecule has 0 aliphatic carbocycles. The first kappa shape index (κ1) is 21.8. The van der Waals surface area contributed by atoms with Crippen molar-refractivity contribution in [1.29, 1.82) is 0 Å². The predicted octanol–water partition coefficient (Wildman–Crippen LogP) is 5.06. The van der Waals surface area contributed by atoms with Crippen LogP contribution in [0, 0.1) is 13.8 Å². The van der Waals surface area contributed by atoms with Gasteiger partial charge in [-0.2, -0.15) is 0 Å². The summed E-state index contributed by atoms with van der Waals surface area (Å²) in [5, 5.41) is 0.530. The highest BCUT2D eigenvalue weighted by Crippen LogP contribution is 2.38. The number of nitrogens with zero attached hydrogens (tertiary/aromatic N) is 2. The lowest BCUT2D eigenvalue weighted by Gasteiger charge is -2.28. The van der Waals surface area contributed by atoms with Gasteiger partial charge < -0.3 is 14.2 Å². The third-order valence-corrected chi connectivity index (χ3v) is 6.85. The number of amides is 1. The molecule has 1 amide bonds. The fraction of sp³-hybridized carbons (Fsp3) is 0.360. The number of benzene rings is 2. The molecule has 2 heterocycles. The molecule has 0 radical (unpaired) electrons. The van der Waals surface area contributed by atoms with Gasteiger partial charge in [-0.05, 0) is 67.9 Å². The number of rotatable bonds is 6. The van der Waals surface area contributed by atoms with Crippen molar-refractivity contribution in [3.05, 3.63) is 79.1 Å². The molecule has 0 saturated heterocycles. The molecule has 0 saturated carbocycles. The number of carbonyl (C=O) groups excluding carboxylic acids is 1. The Hall–Kier alpha value is -2.44. The van der Waals surface area contributed by atoms with E-state index < -0.39 is 6.04 Å². The van der Waals surface area contributed by atoms with E-state index in [1.54, 1.807) is 4.90 Å². The second-order valence-corrected chi connectivity index (χ2v) is 9.00. The SMILES string of the molecule is CCN(CC)CCN1C(=O)c2oc3cc(C)c(C)cc3c(=O)c2C1c1ccc(Br)cc1. The highest BCUT2D eigenvalue weighted by molar-refractivity contribution is 9.10. The Bertz CT molecular complexity index is 1200. The lowest BCUT2D eigenvalue weighted by molar-refractivity contribution is 0.0708. The van der Waals surface area contributed by atoms with Gasteiger partial charge in [-0.15, -0.1) is 0 Å². The summed E-state index contributed by atoms with van der Waals surface area (Å²) < 4.78 is 7.04. The third-order valence-electron chi connectivity index (χ3n) is 6.32. The summed E-state index contributed by atoms with van der Waals surface area (Å²) in [7, 11) is 0. The first-order valence-electron chi connectivity index (χ1n) is 10.7. The fourth-order valence-electron chi connectivity index (χ4n) is 4.29. The third kappa shape index (κ3) is 3.83. The van der Waals surface area contributed by atoms with Crippen molar-refractivity contribution in [3.63, 3.8) is 0 Å². The zero-order chi connectivity index (χ0) is 22.3. The molecule has 1 aromatic heterocycles. The Balaban J connectivity index is 1.89. The molecule has 3 aromatic rings. The average Bonchev–Trinajstić information content (AvgIpc) is 3.03. The van der Waals surface area contributed by atoms with Gasteiger partial charge in [-0.25, -0.2) is 0 Å². The number of fused-ring (bicyclic) bond motifs is 2. The van der Waals surface area contributed by atoms with Crippen LogP contribution in [0.1, 0.15) is 52.7 Å². The van der Waals surface area contributed by atoms with Crippen LogP contribution in [-0.2, 0) is 0 Å². The van der Waals surface area contributed by atoms with Gasteiger partial charge in [0, 0.05) is 17.6 Å². The predicted molar refractivity (Wildman–Crippen MR) is 127 cm³/mol. The summed E-state index contributed by atoms with van der Waals surface area (Å²) >= 11 is 3.48. The normalized spacial score (nSPS) is 15.9. The van der Waals surface area contributed by atoms with Crippen LogP contribution >= 0.6 is 15.9 Å². The average molecular weight is 483 g/mol. The largest absolute Gasteiger partial charge is 0.450 e. The highest BCUT2D eigenvalue weighted by atomic mass is 79.9. The molecular formula is C25H27BrN2O3. The molecule has 1 aliphatic heterocycles. The molecular weight excluding hydrogens is 456 g/mol. The lowest BCUT2D eigenvalue weighted by Crippen LogP contribution is -2.37. The fourth-order valence-corrected chi connectivity index (χ4v) is 4.55. The van der Waals surface area contributed by atoms with E-state index in [4.69, 9.17) is 4.42 Å². The molecule has 0 fully saturated rings. The first-order chi connectivity index (χ1) is 14.8. The topological polar surface area (TPSA) is 53.8 Å². The number of hydrogen-bond donors (Lipinski definition) is 0. The maximum atomic E-state index is 13.6. The molecule has 1 atom stereocenters. The van der Waals surface area contributed by atoms with E-state index in [1.807, 2.05) is 50.2 Å². The summed E-state index contributed by atoms with van der Waals surface area (Å²) in [5.74, 6) is -0.0412. The molecule has 6 heteroatoms. The Morgan fingerprint density at radius 2 is 1.68 bits per heavy atom. The van der Waals surface area contributed by atoms with Crippen LogP contribution in [0.25, 0.3) is 11.0 Å². The van der Waals surface area contributed by atoms with Crippen molar-refractivity contribution in [1.82, 2.24) is 9.80 Å². The lowest BCUT2D eigenvalue weighted by atomic mass is 9.97. The van der Waals surface area contributed by atoms with Crippen LogP contribution in [-0.4, -0.2) is 41.9 Å². The van der Waals surface area contributed by atoms with E-state index in [1.165, 1.54) is 0 Å². The molecule has 0 N–H and O–H groups in total. The quantitative estimate of drug-likeness (QED) is 0.492. The number of aryl methyl sites for hydroxylation is 2. The number of carbonyl (C=O) groups is 1. The van der Waals surface area contributed by atoms with Crippen LogP contribution in [0.5, 0.6) is 0 Å². The molecule has 5 nitrogen and oxygen atoms in total. The van der Waals surface area contributed by atoms with Crippen molar-refractivity contribution < 1.29 is 9.21 Å². The van der Waals surface area contributed by atoms with Crippen molar-refractivity contribution in [3.8, 4) is 0 Å². The maximum Gasteiger partial charge on any atom is 0.290 e. The van der Waals surface area contributed by atoms with Gasteiger partial charge in [0.1, 0.15) is 5.58 Å². The zero-order valence-corrected chi connectivity index (χ0v) is 20.0. The van der Waals surface area contributed by atoms with Gasteiger partial charge in [0.25, 0.3) is 5.91 Å². The van der Waals surface area contributed by atoms with Crippen LogP contribution in [0.15, 0.2) is 50.1 Å². The van der Waals surface area contributed by atoms with Crippen LogP contribution in [0.2, 0.25) is 0 Å². The number of likely N-dealkylation sites (N-methyl/N-ethyl adjacent to an activating group) is 1. The van der Waals surface area contributed by atoms with Gasteiger partial charge in [0.05, 0.1) is 17.0 Å². The van der Waals surface area contributed by atoms with Gasteiger partial charge in [-0.3, -0.25) is 9.59 Å². The Labute approximate surface area is 190 Å². The molecule has 31 heavy (non-hydrogen) atoms. The van der Waals surface area contributed by atoms with E-state index in [-0.39, 0.29) is 17.1 Å². The van der Waals surface area contributed by atoms with Crippen molar-refractivity contribution in [2.24, 2.45) is 0 Å². The van der Waals surface area contributed by atoms with Crippen LogP contribution < -0.4 is 5.43 Å². The second kappa shape index (κ2) is 8.60. The summed E-state index contributed by atoms with van der Waals surface area (Å²) in [4.78, 5) is 31.1. The molecule has 0 bridgehead atoms. The van der Waals surface area contributed by atoms with Gasteiger partial charge in [0.15, 0.2) is 5.43 Å². The van der Waals surface area contributed by atoms with Crippen LogP contribution in [0.4, 0.5) is 0 Å². The molecule has 4 rings (SSSR count). The highest BCUT2D eigenvalue weighted by Gasteiger charge is 2.42. The summed E-state index contributed by atoms with van der Waals surface area (Å²) in [6.07, 6.45) is 0. The van der Waals surface area contributed by atoms with E-state index in [0.717, 1.165) is 40.8 Å². The molecule has 1 unspecified atom stereocenters. The minimum absolute atomic E-state index is 0.119. The Morgan fingerprint density at radius 1 is 1.03 bits per heavy atom. The van der Waals surface area contributed by atoms with Gasteiger partial charge in [0.2, 0.25) is 5.76 Å². The summed E-state index contributed by atoms with van der Waals surface area (Å²) in [6, 6.07) is 11.1. The second-order valence-electron chi connectivity index (χ2n) is 8.09.